The van der Waals surface area contributed by atoms with Crippen LogP contribution in [0.5, 0.6) is 5.75 Å². The van der Waals surface area contributed by atoms with Crippen LogP contribution in [0.4, 0.5) is 13.9 Å². The predicted molar refractivity (Wildman–Crippen MR) is 124 cm³/mol. The van der Waals surface area contributed by atoms with Gasteiger partial charge in [0.2, 0.25) is 0 Å². The Hall–Kier alpha value is -2.29. The lowest BCUT2D eigenvalue weighted by molar-refractivity contribution is -0.120. The number of hydrogen-bond donors (Lipinski definition) is 0. The third kappa shape index (κ3) is 6.35. The van der Waals surface area contributed by atoms with Crippen molar-refractivity contribution in [3.05, 3.63) is 53.6 Å². The van der Waals surface area contributed by atoms with Crippen molar-refractivity contribution in [3.8, 4) is 5.75 Å². The van der Waals surface area contributed by atoms with Crippen LogP contribution in [-0.2, 0) is 4.79 Å². The number of carbonyl (C=O) groups is 1. The van der Waals surface area contributed by atoms with Crippen molar-refractivity contribution in [1.29, 1.82) is 0 Å². The largest absolute Gasteiger partial charge is 0.484 e. The number of aromatic nitrogens is 1. The first-order valence-electron chi connectivity index (χ1n) is 9.89. The molecule has 0 unspecified atom stereocenters. The molecule has 1 aromatic heterocycles. The minimum atomic E-state index is -0.736. The number of halogens is 3. The number of thiazole rings is 1. The van der Waals surface area contributed by atoms with Crippen LogP contribution >= 0.6 is 23.7 Å². The monoisotopic (exact) mass is 469 g/mol. The van der Waals surface area contributed by atoms with E-state index < -0.39 is 11.6 Å². The van der Waals surface area contributed by atoms with Gasteiger partial charge in [-0.05, 0) is 43.8 Å². The summed E-state index contributed by atoms with van der Waals surface area (Å²) in [6, 6.07) is 9.47. The Kier molecular flexibility index (Phi) is 9.15. The van der Waals surface area contributed by atoms with Gasteiger partial charge < -0.3 is 9.64 Å². The first-order chi connectivity index (χ1) is 14.4. The average Bonchev–Trinajstić information content (AvgIpc) is 3.13. The molecular formula is C22H26ClF2N3O2S. The molecule has 1 amide bonds. The van der Waals surface area contributed by atoms with Gasteiger partial charge in [0, 0.05) is 19.2 Å². The fourth-order valence-corrected chi connectivity index (χ4v) is 4.15. The van der Waals surface area contributed by atoms with E-state index in [4.69, 9.17) is 4.74 Å². The van der Waals surface area contributed by atoms with Crippen molar-refractivity contribution in [1.82, 2.24) is 9.88 Å². The van der Waals surface area contributed by atoms with Crippen LogP contribution in [0.15, 0.2) is 36.4 Å². The van der Waals surface area contributed by atoms with Crippen LogP contribution in [-0.4, -0.2) is 48.6 Å². The standard InChI is InChI=1S/C22H25F2N3O2S.ClH/c1-4-26(5-2)9-10-27(20(28)14-29-17-8-6-7-15(3)11-17)22-25-21-18(24)12-16(23)13-19(21)30-22;/h6-8,11-13H,4-5,9-10,14H2,1-3H3;1H. The Morgan fingerprint density at radius 3 is 2.55 bits per heavy atom. The average molecular weight is 470 g/mol. The summed E-state index contributed by atoms with van der Waals surface area (Å²) < 4.78 is 33.7. The summed E-state index contributed by atoms with van der Waals surface area (Å²) >= 11 is 1.09. The minimum Gasteiger partial charge on any atom is -0.484 e. The van der Waals surface area contributed by atoms with Crippen LogP contribution < -0.4 is 9.64 Å². The molecule has 9 heteroatoms. The van der Waals surface area contributed by atoms with Gasteiger partial charge in [0.1, 0.15) is 17.1 Å². The molecule has 0 N–H and O–H groups in total. The molecule has 0 aliphatic carbocycles. The number of ether oxygens (including phenoxy) is 1. The highest BCUT2D eigenvalue weighted by Gasteiger charge is 2.22. The molecule has 31 heavy (non-hydrogen) atoms. The van der Waals surface area contributed by atoms with E-state index in [1.165, 1.54) is 11.0 Å². The van der Waals surface area contributed by atoms with E-state index >= 15 is 0 Å². The quantitative estimate of drug-likeness (QED) is 0.439. The number of rotatable bonds is 9. The summed E-state index contributed by atoms with van der Waals surface area (Å²) in [5.74, 6) is -1.09. The number of benzene rings is 2. The fraction of sp³-hybridized carbons (Fsp3) is 0.364. The number of amides is 1. The molecule has 1 heterocycles. The SMILES string of the molecule is CCN(CC)CCN(C(=O)COc1cccc(C)c1)c1nc2c(F)cc(F)cc2s1.Cl. The van der Waals surface area contributed by atoms with E-state index in [1.54, 1.807) is 6.07 Å². The first kappa shape index (κ1) is 25.0. The zero-order chi connectivity index (χ0) is 21.7. The smallest absolute Gasteiger partial charge is 0.266 e. The molecule has 0 saturated heterocycles. The number of fused-ring (bicyclic) bond motifs is 1. The third-order valence-electron chi connectivity index (χ3n) is 4.82. The van der Waals surface area contributed by atoms with E-state index in [0.29, 0.717) is 28.7 Å². The van der Waals surface area contributed by atoms with Gasteiger partial charge in [0.25, 0.3) is 5.91 Å². The van der Waals surface area contributed by atoms with Gasteiger partial charge >= 0.3 is 0 Å². The second-order valence-corrected chi connectivity index (χ2v) is 7.92. The summed E-state index contributed by atoms with van der Waals surface area (Å²) in [5, 5.41) is 0.333. The molecule has 2 aromatic carbocycles. The van der Waals surface area contributed by atoms with Gasteiger partial charge in [0.15, 0.2) is 17.6 Å². The number of hydrogen-bond acceptors (Lipinski definition) is 5. The molecule has 3 rings (SSSR count). The topological polar surface area (TPSA) is 45.7 Å². The number of aryl methyl sites for hydroxylation is 1. The molecule has 0 saturated carbocycles. The number of carbonyl (C=O) groups excluding carboxylic acids is 1. The Bertz CT molecular complexity index is 1030. The number of nitrogens with zero attached hydrogens (tertiary/aromatic N) is 3. The highest BCUT2D eigenvalue weighted by molar-refractivity contribution is 7.22. The summed E-state index contributed by atoms with van der Waals surface area (Å²) in [5.41, 5.74) is 1.10. The van der Waals surface area contributed by atoms with Crippen molar-refractivity contribution < 1.29 is 18.3 Å². The number of likely N-dealkylation sites (N-methyl/N-ethyl adjacent to an activating group) is 1. The van der Waals surface area contributed by atoms with Gasteiger partial charge in [0.05, 0.1) is 4.70 Å². The maximum absolute atomic E-state index is 14.1. The Morgan fingerprint density at radius 2 is 1.87 bits per heavy atom. The highest BCUT2D eigenvalue weighted by Crippen LogP contribution is 2.31. The summed E-state index contributed by atoms with van der Waals surface area (Å²) in [4.78, 5) is 21.0. The maximum atomic E-state index is 14.1. The van der Waals surface area contributed by atoms with E-state index in [1.807, 2.05) is 39.0 Å². The molecular weight excluding hydrogens is 444 g/mol. The van der Waals surface area contributed by atoms with Crippen molar-refractivity contribution >= 4 is 45.0 Å². The lowest BCUT2D eigenvalue weighted by Gasteiger charge is -2.24. The molecule has 0 aliphatic heterocycles. The first-order valence-corrected chi connectivity index (χ1v) is 10.7. The predicted octanol–water partition coefficient (Wildman–Crippen LogP) is 5.06. The van der Waals surface area contributed by atoms with Gasteiger partial charge in [-0.2, -0.15) is 0 Å². The molecule has 0 bridgehead atoms. The van der Waals surface area contributed by atoms with E-state index in [9.17, 15) is 13.6 Å². The van der Waals surface area contributed by atoms with Gasteiger partial charge in [-0.15, -0.1) is 12.4 Å². The lowest BCUT2D eigenvalue weighted by Crippen LogP contribution is -2.41. The fourth-order valence-electron chi connectivity index (χ4n) is 3.10. The second-order valence-electron chi connectivity index (χ2n) is 6.91. The normalized spacial score (nSPS) is 10.9. The summed E-state index contributed by atoms with van der Waals surface area (Å²) in [6.45, 7) is 8.57. The Balaban J connectivity index is 0.00000341. The molecule has 0 radical (unpaired) electrons. The van der Waals surface area contributed by atoms with E-state index in [0.717, 1.165) is 36.1 Å². The third-order valence-corrected chi connectivity index (χ3v) is 5.85. The van der Waals surface area contributed by atoms with Crippen LogP contribution in [0.25, 0.3) is 10.2 Å². The summed E-state index contributed by atoms with van der Waals surface area (Å²) in [7, 11) is 0. The van der Waals surface area contributed by atoms with Crippen LogP contribution in [0, 0.1) is 18.6 Å². The molecule has 0 fully saturated rings. The molecule has 0 atom stereocenters. The number of anilines is 1. The minimum absolute atomic E-state index is 0. The van der Waals surface area contributed by atoms with Gasteiger partial charge in [-0.25, -0.2) is 13.8 Å². The van der Waals surface area contributed by atoms with Crippen LogP contribution in [0.3, 0.4) is 0 Å². The molecule has 3 aromatic rings. The van der Waals surface area contributed by atoms with Crippen molar-refractivity contribution in [3.63, 3.8) is 0 Å². The Labute approximate surface area is 191 Å². The van der Waals surface area contributed by atoms with Crippen LogP contribution in [0.2, 0.25) is 0 Å². The van der Waals surface area contributed by atoms with Gasteiger partial charge in [-0.1, -0.05) is 37.3 Å². The van der Waals surface area contributed by atoms with Crippen molar-refractivity contribution in [2.45, 2.75) is 20.8 Å². The zero-order valence-corrected chi connectivity index (χ0v) is 19.4. The molecule has 0 aliphatic rings. The van der Waals surface area contributed by atoms with Gasteiger partial charge in [-0.3, -0.25) is 9.69 Å². The van der Waals surface area contributed by atoms with E-state index in [-0.39, 0.29) is 30.4 Å². The molecule has 168 valence electrons. The molecule has 5 nitrogen and oxygen atoms in total. The second kappa shape index (κ2) is 11.4. The zero-order valence-electron chi connectivity index (χ0n) is 17.7. The maximum Gasteiger partial charge on any atom is 0.266 e. The van der Waals surface area contributed by atoms with E-state index in [2.05, 4.69) is 9.88 Å². The highest BCUT2D eigenvalue weighted by atomic mass is 35.5. The lowest BCUT2D eigenvalue weighted by atomic mass is 10.2. The summed E-state index contributed by atoms with van der Waals surface area (Å²) in [6.07, 6.45) is 0. The van der Waals surface area contributed by atoms with Crippen molar-refractivity contribution in [2.24, 2.45) is 0 Å². The van der Waals surface area contributed by atoms with Crippen LogP contribution in [0.1, 0.15) is 19.4 Å². The molecule has 0 spiro atoms. The van der Waals surface area contributed by atoms with Crippen molar-refractivity contribution in [2.75, 3.05) is 37.7 Å². The Morgan fingerprint density at radius 1 is 1.13 bits per heavy atom.